The van der Waals surface area contributed by atoms with Gasteiger partial charge in [0.25, 0.3) is 5.91 Å². The summed E-state index contributed by atoms with van der Waals surface area (Å²) in [6.07, 6.45) is 1.87. The summed E-state index contributed by atoms with van der Waals surface area (Å²) in [6, 6.07) is 22.6. The van der Waals surface area contributed by atoms with Gasteiger partial charge in [-0.1, -0.05) is 54.1 Å². The van der Waals surface area contributed by atoms with Crippen LogP contribution >= 0.6 is 11.6 Å². The number of carbonyl (C=O) groups is 1. The molecule has 3 nitrogen and oxygen atoms in total. The van der Waals surface area contributed by atoms with Gasteiger partial charge in [-0.05, 0) is 60.0 Å². The maximum Gasteiger partial charge on any atom is 0.256 e. The van der Waals surface area contributed by atoms with Crippen LogP contribution in [0.2, 0.25) is 5.02 Å². The number of ether oxygens (including phenoxy) is 1. The van der Waals surface area contributed by atoms with Gasteiger partial charge in [-0.3, -0.25) is 4.79 Å². The summed E-state index contributed by atoms with van der Waals surface area (Å²) in [7, 11) is 1.63. The van der Waals surface area contributed by atoms with Crippen LogP contribution in [0.25, 0.3) is 11.6 Å². The van der Waals surface area contributed by atoms with E-state index in [4.69, 9.17) is 16.3 Å². The normalized spacial score (nSPS) is 11.1. The van der Waals surface area contributed by atoms with Crippen molar-refractivity contribution >= 4 is 34.8 Å². The molecule has 0 aliphatic heterocycles. The lowest BCUT2D eigenvalue weighted by Gasteiger charge is -2.12. The van der Waals surface area contributed by atoms with Crippen molar-refractivity contribution in [1.82, 2.24) is 0 Å². The highest BCUT2D eigenvalue weighted by atomic mass is 35.5. The second-order valence-electron chi connectivity index (χ2n) is 6.11. The zero-order chi connectivity index (χ0) is 19.2. The monoisotopic (exact) mass is 377 g/mol. The van der Waals surface area contributed by atoms with Gasteiger partial charge in [0.2, 0.25) is 0 Å². The van der Waals surface area contributed by atoms with E-state index in [1.54, 1.807) is 13.2 Å². The zero-order valence-corrected chi connectivity index (χ0v) is 16.0. The van der Waals surface area contributed by atoms with Crippen LogP contribution in [0, 0.1) is 6.92 Å². The van der Waals surface area contributed by atoms with Gasteiger partial charge in [-0.15, -0.1) is 0 Å². The van der Waals surface area contributed by atoms with Gasteiger partial charge < -0.3 is 10.1 Å². The van der Waals surface area contributed by atoms with Crippen molar-refractivity contribution in [2.45, 2.75) is 6.92 Å². The van der Waals surface area contributed by atoms with E-state index in [0.717, 1.165) is 28.1 Å². The number of methoxy groups -OCH3 is 1. The van der Waals surface area contributed by atoms with Crippen LogP contribution in [-0.2, 0) is 4.79 Å². The number of amides is 1. The number of carbonyl (C=O) groups excluding carboxylic acids is 1. The molecule has 3 rings (SSSR count). The zero-order valence-electron chi connectivity index (χ0n) is 15.2. The van der Waals surface area contributed by atoms with Crippen LogP contribution in [0.15, 0.2) is 72.8 Å². The van der Waals surface area contributed by atoms with E-state index in [-0.39, 0.29) is 5.91 Å². The Morgan fingerprint density at radius 3 is 2.33 bits per heavy atom. The lowest BCUT2D eigenvalue weighted by Crippen LogP contribution is -2.14. The number of nitrogens with one attached hydrogen (secondary N) is 1. The van der Waals surface area contributed by atoms with Gasteiger partial charge in [-0.25, -0.2) is 0 Å². The molecule has 0 aliphatic carbocycles. The first-order valence-corrected chi connectivity index (χ1v) is 8.93. The van der Waals surface area contributed by atoms with Crippen molar-refractivity contribution in [1.29, 1.82) is 0 Å². The van der Waals surface area contributed by atoms with Gasteiger partial charge >= 0.3 is 0 Å². The van der Waals surface area contributed by atoms with E-state index in [0.29, 0.717) is 10.6 Å². The second-order valence-corrected chi connectivity index (χ2v) is 6.55. The molecule has 3 aromatic carbocycles. The maximum absolute atomic E-state index is 13.0. The Bertz CT molecular complexity index is 963. The summed E-state index contributed by atoms with van der Waals surface area (Å²) in [4.78, 5) is 13.0. The fraction of sp³-hybridized carbons (Fsp3) is 0.0870. The van der Waals surface area contributed by atoms with Crippen LogP contribution in [0.4, 0.5) is 5.69 Å². The Morgan fingerprint density at radius 2 is 1.70 bits per heavy atom. The van der Waals surface area contributed by atoms with E-state index < -0.39 is 0 Å². The Morgan fingerprint density at radius 1 is 1.00 bits per heavy atom. The Balaban J connectivity index is 1.96. The smallest absolute Gasteiger partial charge is 0.256 e. The van der Waals surface area contributed by atoms with Gasteiger partial charge in [0.05, 0.1) is 7.11 Å². The predicted octanol–water partition coefficient (Wildman–Crippen LogP) is 5.84. The molecule has 3 aromatic rings. The molecule has 0 saturated heterocycles. The lowest BCUT2D eigenvalue weighted by atomic mass is 10.0. The number of halogens is 1. The molecule has 1 amide bonds. The highest BCUT2D eigenvalue weighted by Crippen LogP contribution is 2.24. The Hall–Kier alpha value is -3.04. The minimum absolute atomic E-state index is 0.178. The third-order valence-electron chi connectivity index (χ3n) is 4.19. The fourth-order valence-electron chi connectivity index (χ4n) is 2.72. The minimum Gasteiger partial charge on any atom is -0.497 e. The first kappa shape index (κ1) is 18.7. The van der Waals surface area contributed by atoms with Gasteiger partial charge in [-0.2, -0.15) is 0 Å². The van der Waals surface area contributed by atoms with E-state index in [9.17, 15) is 4.79 Å². The molecule has 0 radical (unpaired) electrons. The molecular formula is C23H20ClNO2. The molecule has 136 valence electrons. The number of hydrogen-bond donors (Lipinski definition) is 1. The molecule has 0 aromatic heterocycles. The average molecular weight is 378 g/mol. The highest BCUT2D eigenvalue weighted by molar-refractivity contribution is 6.31. The highest BCUT2D eigenvalue weighted by Gasteiger charge is 2.13. The summed E-state index contributed by atoms with van der Waals surface area (Å²) in [5.74, 6) is 0.595. The van der Waals surface area contributed by atoms with Gasteiger partial charge in [0, 0.05) is 16.3 Å². The molecule has 0 fully saturated rings. The van der Waals surface area contributed by atoms with Crippen molar-refractivity contribution in [3.05, 3.63) is 94.5 Å². The molecule has 0 spiro atoms. The summed E-state index contributed by atoms with van der Waals surface area (Å²) >= 11 is 6.01. The van der Waals surface area contributed by atoms with Crippen molar-refractivity contribution in [3.8, 4) is 5.75 Å². The van der Waals surface area contributed by atoms with Crippen molar-refractivity contribution < 1.29 is 9.53 Å². The third-order valence-corrected chi connectivity index (χ3v) is 4.43. The summed E-state index contributed by atoms with van der Waals surface area (Å²) < 4.78 is 5.20. The first-order chi connectivity index (χ1) is 13.1. The molecule has 0 unspecified atom stereocenters. The van der Waals surface area contributed by atoms with Crippen LogP contribution in [-0.4, -0.2) is 13.0 Å². The summed E-state index contributed by atoms with van der Waals surface area (Å²) in [5, 5.41) is 3.63. The molecule has 0 aliphatic rings. The molecule has 4 heteroatoms. The summed E-state index contributed by atoms with van der Waals surface area (Å²) in [5.41, 5.74) is 3.99. The minimum atomic E-state index is -0.178. The quantitative estimate of drug-likeness (QED) is 0.448. The maximum atomic E-state index is 13.0. The molecule has 27 heavy (non-hydrogen) atoms. The van der Waals surface area contributed by atoms with Crippen molar-refractivity contribution in [3.63, 3.8) is 0 Å². The predicted molar refractivity (Wildman–Crippen MR) is 112 cm³/mol. The number of hydrogen-bond acceptors (Lipinski definition) is 2. The topological polar surface area (TPSA) is 38.3 Å². The SMILES string of the molecule is COc1ccc(C=C(C(=O)Nc2ccc(Cl)cc2C)c2ccccc2)cc1. The third kappa shape index (κ3) is 4.78. The number of benzene rings is 3. The van der Waals surface area contributed by atoms with Crippen LogP contribution < -0.4 is 10.1 Å². The molecule has 0 atom stereocenters. The van der Waals surface area contributed by atoms with Crippen LogP contribution in [0.3, 0.4) is 0 Å². The Kier molecular flexibility index (Phi) is 5.94. The van der Waals surface area contributed by atoms with E-state index in [1.807, 2.05) is 79.7 Å². The van der Waals surface area contributed by atoms with E-state index in [2.05, 4.69) is 5.32 Å². The number of aryl methyl sites for hydroxylation is 1. The lowest BCUT2D eigenvalue weighted by molar-refractivity contribution is -0.111. The van der Waals surface area contributed by atoms with E-state index >= 15 is 0 Å². The first-order valence-electron chi connectivity index (χ1n) is 8.55. The fourth-order valence-corrected chi connectivity index (χ4v) is 2.95. The number of rotatable bonds is 5. The molecule has 0 saturated carbocycles. The molecular weight excluding hydrogens is 358 g/mol. The standard InChI is InChI=1S/C23H20ClNO2/c1-16-14-19(24)10-13-22(16)25-23(26)21(18-6-4-3-5-7-18)15-17-8-11-20(27-2)12-9-17/h3-15H,1-2H3,(H,25,26). The van der Waals surface area contributed by atoms with Crippen molar-refractivity contribution in [2.75, 3.05) is 12.4 Å². The van der Waals surface area contributed by atoms with Gasteiger partial charge in [0.15, 0.2) is 0 Å². The Labute approximate surface area is 164 Å². The van der Waals surface area contributed by atoms with Crippen LogP contribution in [0.5, 0.6) is 5.75 Å². The molecule has 0 heterocycles. The van der Waals surface area contributed by atoms with Crippen molar-refractivity contribution in [2.24, 2.45) is 0 Å². The average Bonchev–Trinajstić information content (AvgIpc) is 2.69. The van der Waals surface area contributed by atoms with Crippen LogP contribution in [0.1, 0.15) is 16.7 Å². The molecule has 1 N–H and O–H groups in total. The molecule has 0 bridgehead atoms. The summed E-state index contributed by atoms with van der Waals surface area (Å²) in [6.45, 7) is 1.91. The largest absolute Gasteiger partial charge is 0.497 e. The van der Waals surface area contributed by atoms with E-state index in [1.165, 1.54) is 0 Å². The number of anilines is 1. The van der Waals surface area contributed by atoms with Gasteiger partial charge in [0.1, 0.15) is 5.75 Å². The second kappa shape index (κ2) is 8.56.